The van der Waals surface area contributed by atoms with Crippen LogP contribution in [0, 0.1) is 5.92 Å². The molecule has 10 heavy (non-hydrogen) atoms. The minimum atomic E-state index is 0.372. The lowest BCUT2D eigenvalue weighted by Gasteiger charge is -2.32. The first-order chi connectivity index (χ1) is 4.68. The van der Waals surface area contributed by atoms with E-state index >= 15 is 0 Å². The highest BCUT2D eigenvalue weighted by Crippen LogP contribution is 2.25. The van der Waals surface area contributed by atoms with E-state index in [1.807, 2.05) is 0 Å². The van der Waals surface area contributed by atoms with E-state index in [2.05, 4.69) is 13.8 Å². The molecule has 0 unspecified atom stereocenters. The van der Waals surface area contributed by atoms with Crippen LogP contribution in [0.4, 0.5) is 0 Å². The van der Waals surface area contributed by atoms with Gasteiger partial charge >= 0.3 is 0 Å². The first-order valence-electron chi connectivity index (χ1n) is 4.05. The molecule has 60 valence electrons. The van der Waals surface area contributed by atoms with Crippen molar-refractivity contribution < 1.29 is 4.74 Å². The molecule has 0 aliphatic heterocycles. The van der Waals surface area contributed by atoms with Crippen molar-refractivity contribution in [3.63, 3.8) is 0 Å². The topological polar surface area (TPSA) is 35.2 Å². The van der Waals surface area contributed by atoms with Crippen molar-refractivity contribution >= 4 is 0 Å². The Morgan fingerprint density at radius 2 is 2.10 bits per heavy atom. The zero-order valence-electron chi connectivity index (χ0n) is 6.84. The zero-order chi connectivity index (χ0) is 7.56. The summed E-state index contributed by atoms with van der Waals surface area (Å²) in [5.41, 5.74) is 5.62. The van der Waals surface area contributed by atoms with Gasteiger partial charge in [0.05, 0.1) is 6.10 Å². The van der Waals surface area contributed by atoms with Crippen LogP contribution in [0.3, 0.4) is 0 Å². The van der Waals surface area contributed by atoms with E-state index in [0.717, 1.165) is 25.4 Å². The maximum absolute atomic E-state index is 5.62. The van der Waals surface area contributed by atoms with Crippen LogP contribution in [0.1, 0.15) is 26.7 Å². The van der Waals surface area contributed by atoms with Gasteiger partial charge in [-0.3, -0.25) is 0 Å². The van der Waals surface area contributed by atoms with Gasteiger partial charge in [-0.05, 0) is 32.6 Å². The SMILES string of the molecule is CC(C)OCC1CC(N)C1. The van der Waals surface area contributed by atoms with Gasteiger partial charge in [-0.1, -0.05) is 0 Å². The molecule has 0 bridgehead atoms. The van der Waals surface area contributed by atoms with Gasteiger partial charge in [-0.15, -0.1) is 0 Å². The van der Waals surface area contributed by atoms with E-state index in [4.69, 9.17) is 10.5 Å². The van der Waals surface area contributed by atoms with Crippen LogP contribution in [0.5, 0.6) is 0 Å². The molecule has 1 rings (SSSR count). The average molecular weight is 143 g/mol. The Labute approximate surface area is 62.7 Å². The average Bonchev–Trinajstić information content (AvgIpc) is 1.77. The van der Waals surface area contributed by atoms with Gasteiger partial charge in [0, 0.05) is 12.6 Å². The highest BCUT2D eigenvalue weighted by atomic mass is 16.5. The molecule has 0 aromatic heterocycles. The molecular formula is C8H17NO. The van der Waals surface area contributed by atoms with Gasteiger partial charge in [0.15, 0.2) is 0 Å². The third kappa shape index (κ3) is 2.27. The lowest BCUT2D eigenvalue weighted by atomic mass is 9.82. The van der Waals surface area contributed by atoms with Crippen LogP contribution in [-0.4, -0.2) is 18.8 Å². The first-order valence-corrected chi connectivity index (χ1v) is 4.05. The molecule has 0 heterocycles. The third-order valence-electron chi connectivity index (χ3n) is 1.94. The second kappa shape index (κ2) is 3.35. The van der Waals surface area contributed by atoms with Crippen molar-refractivity contribution in [3.8, 4) is 0 Å². The summed E-state index contributed by atoms with van der Waals surface area (Å²) in [4.78, 5) is 0. The molecule has 1 aliphatic carbocycles. The van der Waals surface area contributed by atoms with Crippen LogP contribution in [0.15, 0.2) is 0 Å². The van der Waals surface area contributed by atoms with Crippen molar-refractivity contribution in [1.82, 2.24) is 0 Å². The fourth-order valence-electron chi connectivity index (χ4n) is 1.25. The molecule has 1 saturated carbocycles. The lowest BCUT2D eigenvalue weighted by molar-refractivity contribution is 0.0240. The Morgan fingerprint density at radius 1 is 1.50 bits per heavy atom. The molecule has 0 atom stereocenters. The van der Waals surface area contributed by atoms with Crippen molar-refractivity contribution in [2.24, 2.45) is 11.7 Å². The largest absolute Gasteiger partial charge is 0.379 e. The van der Waals surface area contributed by atoms with Gasteiger partial charge in [0.2, 0.25) is 0 Å². The van der Waals surface area contributed by atoms with Crippen molar-refractivity contribution in [1.29, 1.82) is 0 Å². The van der Waals surface area contributed by atoms with Gasteiger partial charge in [-0.25, -0.2) is 0 Å². The maximum Gasteiger partial charge on any atom is 0.0519 e. The Hall–Kier alpha value is -0.0800. The smallest absolute Gasteiger partial charge is 0.0519 e. The molecule has 2 nitrogen and oxygen atoms in total. The van der Waals surface area contributed by atoms with E-state index in [1.165, 1.54) is 0 Å². The summed E-state index contributed by atoms with van der Waals surface area (Å²) >= 11 is 0. The molecule has 0 radical (unpaired) electrons. The summed E-state index contributed by atoms with van der Waals surface area (Å²) in [5, 5.41) is 0. The molecule has 0 saturated heterocycles. The molecule has 0 amide bonds. The zero-order valence-corrected chi connectivity index (χ0v) is 6.84. The number of rotatable bonds is 3. The molecule has 0 aromatic carbocycles. The summed E-state index contributed by atoms with van der Waals surface area (Å²) in [6, 6.07) is 0.459. The maximum atomic E-state index is 5.62. The fourth-order valence-corrected chi connectivity index (χ4v) is 1.25. The Kier molecular flexibility index (Phi) is 2.69. The summed E-state index contributed by atoms with van der Waals surface area (Å²) in [5.74, 6) is 0.748. The van der Waals surface area contributed by atoms with Crippen LogP contribution in [0.2, 0.25) is 0 Å². The predicted octanol–water partition coefficient (Wildman–Crippen LogP) is 1.15. The number of hydrogen-bond acceptors (Lipinski definition) is 2. The van der Waals surface area contributed by atoms with E-state index in [9.17, 15) is 0 Å². The van der Waals surface area contributed by atoms with E-state index < -0.39 is 0 Å². The Morgan fingerprint density at radius 3 is 2.50 bits per heavy atom. The third-order valence-corrected chi connectivity index (χ3v) is 1.94. The predicted molar refractivity (Wildman–Crippen MR) is 41.8 cm³/mol. The molecule has 2 N–H and O–H groups in total. The summed E-state index contributed by atoms with van der Waals surface area (Å²) in [6.07, 6.45) is 2.69. The van der Waals surface area contributed by atoms with Gasteiger partial charge in [-0.2, -0.15) is 0 Å². The second-order valence-electron chi connectivity index (χ2n) is 3.48. The van der Waals surface area contributed by atoms with Gasteiger partial charge in [0.1, 0.15) is 0 Å². The molecule has 1 fully saturated rings. The van der Waals surface area contributed by atoms with Crippen molar-refractivity contribution in [3.05, 3.63) is 0 Å². The van der Waals surface area contributed by atoms with E-state index in [0.29, 0.717) is 12.1 Å². The van der Waals surface area contributed by atoms with Crippen molar-refractivity contribution in [2.75, 3.05) is 6.61 Å². The highest BCUT2D eigenvalue weighted by Gasteiger charge is 2.25. The van der Waals surface area contributed by atoms with Crippen LogP contribution in [-0.2, 0) is 4.74 Å². The normalized spacial score (nSPS) is 32.4. The second-order valence-corrected chi connectivity index (χ2v) is 3.48. The molecule has 2 heteroatoms. The lowest BCUT2D eigenvalue weighted by Crippen LogP contribution is -2.38. The highest BCUT2D eigenvalue weighted by molar-refractivity contribution is 4.81. The Bertz CT molecular complexity index is 97.4. The summed E-state index contributed by atoms with van der Waals surface area (Å²) in [7, 11) is 0. The standard InChI is InChI=1S/C8H17NO/c1-6(2)10-5-7-3-8(9)4-7/h6-8H,3-5,9H2,1-2H3. The minimum Gasteiger partial charge on any atom is -0.379 e. The molecule has 0 spiro atoms. The minimum absolute atomic E-state index is 0.372. The van der Waals surface area contributed by atoms with Crippen LogP contribution < -0.4 is 5.73 Å². The summed E-state index contributed by atoms with van der Waals surface area (Å²) in [6.45, 7) is 5.04. The summed E-state index contributed by atoms with van der Waals surface area (Å²) < 4.78 is 5.44. The number of hydrogen-bond donors (Lipinski definition) is 1. The molecule has 0 aromatic rings. The van der Waals surface area contributed by atoms with Crippen LogP contribution in [0.25, 0.3) is 0 Å². The molecule has 1 aliphatic rings. The van der Waals surface area contributed by atoms with E-state index in [1.54, 1.807) is 0 Å². The van der Waals surface area contributed by atoms with Crippen LogP contribution >= 0.6 is 0 Å². The fraction of sp³-hybridized carbons (Fsp3) is 1.00. The number of ether oxygens (including phenoxy) is 1. The monoisotopic (exact) mass is 143 g/mol. The van der Waals surface area contributed by atoms with Gasteiger partial charge < -0.3 is 10.5 Å². The number of nitrogens with two attached hydrogens (primary N) is 1. The van der Waals surface area contributed by atoms with E-state index in [-0.39, 0.29) is 0 Å². The van der Waals surface area contributed by atoms with Gasteiger partial charge in [0.25, 0.3) is 0 Å². The quantitative estimate of drug-likeness (QED) is 0.643. The Balaban J connectivity index is 1.95. The first kappa shape index (κ1) is 8.02. The molecular weight excluding hydrogens is 126 g/mol. The van der Waals surface area contributed by atoms with Crippen molar-refractivity contribution in [2.45, 2.75) is 38.8 Å².